The summed E-state index contributed by atoms with van der Waals surface area (Å²) in [4.78, 5) is 16.6. The van der Waals surface area contributed by atoms with Gasteiger partial charge in [0.05, 0.1) is 13.2 Å². The lowest BCUT2D eigenvalue weighted by molar-refractivity contribution is -0.122. The molecule has 10 heteroatoms. The number of nitrogens with one attached hydrogen (secondary N) is 2. The standard InChI is InChI=1S/C21H32N6O2S2/c1-16-6-4-7-18(17(16)2)23-20-24-27(21(30)31-20)15-26-11-9-25(10-12-26)14-19(28)22-8-5-13-29-3/h4,6-7H,5,8-15H2,1-3H3,(H,22,28)(H,23,24). The number of nitrogens with zero attached hydrogens (tertiary/aromatic N) is 4. The number of benzene rings is 1. The van der Waals surface area contributed by atoms with Crippen LogP contribution in [-0.2, 0) is 16.2 Å². The zero-order valence-corrected chi connectivity index (χ0v) is 20.2. The molecule has 1 amide bonds. The van der Waals surface area contributed by atoms with Crippen molar-refractivity contribution < 1.29 is 9.53 Å². The van der Waals surface area contributed by atoms with Crippen LogP contribution < -0.4 is 10.6 Å². The van der Waals surface area contributed by atoms with Gasteiger partial charge in [0.15, 0.2) is 3.95 Å². The Morgan fingerprint density at radius 2 is 1.97 bits per heavy atom. The van der Waals surface area contributed by atoms with Gasteiger partial charge in [-0.1, -0.05) is 23.5 Å². The molecule has 8 nitrogen and oxygen atoms in total. The minimum absolute atomic E-state index is 0.0773. The Bertz CT molecular complexity index is 921. The highest BCUT2D eigenvalue weighted by atomic mass is 32.1. The van der Waals surface area contributed by atoms with Crippen molar-refractivity contribution in [2.45, 2.75) is 26.9 Å². The Kier molecular flexibility index (Phi) is 8.97. The molecule has 0 saturated carbocycles. The Morgan fingerprint density at radius 1 is 1.23 bits per heavy atom. The number of hydrogen-bond donors (Lipinski definition) is 2. The fourth-order valence-electron chi connectivity index (χ4n) is 3.43. The molecule has 1 aromatic heterocycles. The van der Waals surface area contributed by atoms with Gasteiger partial charge in [-0.15, -0.1) is 5.10 Å². The maximum atomic E-state index is 12.0. The van der Waals surface area contributed by atoms with Crippen LogP contribution in [-0.4, -0.2) is 78.5 Å². The van der Waals surface area contributed by atoms with Crippen molar-refractivity contribution in [3.8, 4) is 0 Å². The second-order valence-corrected chi connectivity index (χ2v) is 9.40. The van der Waals surface area contributed by atoms with E-state index in [9.17, 15) is 4.79 Å². The van der Waals surface area contributed by atoms with Crippen LogP contribution in [0, 0.1) is 17.8 Å². The number of carbonyl (C=O) groups excluding carboxylic acids is 1. The van der Waals surface area contributed by atoms with Crippen LogP contribution in [0.4, 0.5) is 10.8 Å². The molecular formula is C21H32N6O2S2. The van der Waals surface area contributed by atoms with Crippen molar-refractivity contribution in [3.63, 3.8) is 0 Å². The molecule has 1 fully saturated rings. The van der Waals surface area contributed by atoms with E-state index in [0.29, 0.717) is 26.4 Å². The summed E-state index contributed by atoms with van der Waals surface area (Å²) in [5, 5.41) is 11.8. The number of anilines is 2. The third-order valence-corrected chi connectivity index (χ3v) is 6.69. The number of amides is 1. The number of aromatic nitrogens is 2. The normalized spacial score (nSPS) is 15.2. The van der Waals surface area contributed by atoms with Crippen molar-refractivity contribution in [2.24, 2.45) is 0 Å². The van der Waals surface area contributed by atoms with Crippen molar-refractivity contribution in [2.75, 3.05) is 58.3 Å². The lowest BCUT2D eigenvalue weighted by Crippen LogP contribution is -2.49. The van der Waals surface area contributed by atoms with E-state index < -0.39 is 0 Å². The van der Waals surface area contributed by atoms with Gasteiger partial charge in [-0.05, 0) is 49.7 Å². The van der Waals surface area contributed by atoms with E-state index in [0.717, 1.165) is 47.4 Å². The third kappa shape index (κ3) is 7.08. The van der Waals surface area contributed by atoms with Gasteiger partial charge in [0, 0.05) is 52.1 Å². The van der Waals surface area contributed by atoms with Crippen LogP contribution in [0.3, 0.4) is 0 Å². The Hall–Kier alpha value is -1.85. The van der Waals surface area contributed by atoms with Gasteiger partial charge in [-0.3, -0.25) is 14.6 Å². The SMILES string of the molecule is COCCCNC(=O)CN1CCN(Cn2nc(Nc3cccc(C)c3C)sc2=S)CC1. The lowest BCUT2D eigenvalue weighted by atomic mass is 10.1. The summed E-state index contributed by atoms with van der Waals surface area (Å²) in [6, 6.07) is 6.20. The summed E-state index contributed by atoms with van der Waals surface area (Å²) < 4.78 is 7.63. The van der Waals surface area contributed by atoms with Crippen molar-refractivity contribution >= 4 is 40.3 Å². The van der Waals surface area contributed by atoms with Crippen molar-refractivity contribution in [3.05, 3.63) is 33.3 Å². The Morgan fingerprint density at radius 3 is 2.71 bits per heavy atom. The molecule has 0 aliphatic carbocycles. The average molecular weight is 465 g/mol. The number of hydrogen-bond acceptors (Lipinski definition) is 8. The molecule has 3 rings (SSSR count). The number of piperazine rings is 1. The maximum Gasteiger partial charge on any atom is 0.234 e. The summed E-state index contributed by atoms with van der Waals surface area (Å²) in [5.74, 6) is 0.0773. The van der Waals surface area contributed by atoms with Crippen LogP contribution in [0.25, 0.3) is 0 Å². The van der Waals surface area contributed by atoms with E-state index >= 15 is 0 Å². The smallest absolute Gasteiger partial charge is 0.234 e. The number of carbonyl (C=O) groups is 1. The highest BCUT2D eigenvalue weighted by molar-refractivity contribution is 7.73. The number of ether oxygens (including phenoxy) is 1. The second kappa shape index (κ2) is 11.7. The highest BCUT2D eigenvalue weighted by Crippen LogP contribution is 2.25. The van der Waals surface area contributed by atoms with Gasteiger partial charge in [0.25, 0.3) is 0 Å². The monoisotopic (exact) mass is 464 g/mol. The van der Waals surface area contributed by atoms with E-state index in [2.05, 4.69) is 51.5 Å². The van der Waals surface area contributed by atoms with Crippen LogP contribution in [0.1, 0.15) is 17.5 Å². The lowest BCUT2D eigenvalue weighted by Gasteiger charge is -2.33. The average Bonchev–Trinajstić information content (AvgIpc) is 3.09. The summed E-state index contributed by atoms with van der Waals surface area (Å²) in [7, 11) is 1.67. The zero-order chi connectivity index (χ0) is 22.2. The minimum atomic E-state index is 0.0773. The Labute approximate surface area is 193 Å². The van der Waals surface area contributed by atoms with E-state index in [1.54, 1.807) is 7.11 Å². The van der Waals surface area contributed by atoms with Crippen molar-refractivity contribution in [1.82, 2.24) is 24.9 Å². The predicted molar refractivity (Wildman–Crippen MR) is 128 cm³/mol. The second-order valence-electron chi connectivity index (χ2n) is 7.78. The topological polar surface area (TPSA) is 74.7 Å². The van der Waals surface area contributed by atoms with Gasteiger partial charge < -0.3 is 15.4 Å². The first-order chi connectivity index (χ1) is 15.0. The van der Waals surface area contributed by atoms with E-state index in [-0.39, 0.29) is 5.91 Å². The molecule has 1 aliphatic heterocycles. The van der Waals surface area contributed by atoms with Crippen LogP contribution in [0.5, 0.6) is 0 Å². The first-order valence-electron chi connectivity index (χ1n) is 10.6. The van der Waals surface area contributed by atoms with Gasteiger partial charge >= 0.3 is 0 Å². The van der Waals surface area contributed by atoms with E-state index in [1.807, 2.05) is 10.7 Å². The van der Waals surface area contributed by atoms with Crippen LogP contribution in [0.15, 0.2) is 18.2 Å². The number of methoxy groups -OCH3 is 1. The molecule has 2 N–H and O–H groups in total. The molecule has 1 saturated heterocycles. The summed E-state index contributed by atoms with van der Waals surface area (Å²) in [6.45, 7) is 10.1. The van der Waals surface area contributed by atoms with Crippen LogP contribution >= 0.6 is 23.6 Å². The molecule has 0 radical (unpaired) electrons. The molecule has 170 valence electrons. The molecule has 2 aromatic rings. The Balaban J connectivity index is 1.46. The third-order valence-electron chi connectivity index (χ3n) is 5.47. The summed E-state index contributed by atoms with van der Waals surface area (Å²) >= 11 is 7.02. The van der Waals surface area contributed by atoms with Gasteiger partial charge in [-0.2, -0.15) is 0 Å². The van der Waals surface area contributed by atoms with Crippen LogP contribution in [0.2, 0.25) is 0 Å². The fourth-order valence-corrected chi connectivity index (χ4v) is 4.43. The first-order valence-corrected chi connectivity index (χ1v) is 11.8. The predicted octanol–water partition coefficient (Wildman–Crippen LogP) is 2.76. The number of rotatable bonds is 10. The van der Waals surface area contributed by atoms with E-state index in [4.69, 9.17) is 17.0 Å². The van der Waals surface area contributed by atoms with Gasteiger partial charge in [0.2, 0.25) is 11.0 Å². The fraction of sp³-hybridized carbons (Fsp3) is 0.571. The minimum Gasteiger partial charge on any atom is -0.385 e. The van der Waals surface area contributed by atoms with Gasteiger partial charge in [-0.25, -0.2) is 4.68 Å². The molecule has 0 unspecified atom stereocenters. The largest absolute Gasteiger partial charge is 0.385 e. The molecule has 1 aromatic carbocycles. The number of aryl methyl sites for hydroxylation is 1. The molecule has 0 bridgehead atoms. The zero-order valence-electron chi connectivity index (χ0n) is 18.5. The molecule has 1 aliphatic rings. The molecule has 0 spiro atoms. The summed E-state index contributed by atoms with van der Waals surface area (Å²) in [5.41, 5.74) is 3.52. The van der Waals surface area contributed by atoms with Gasteiger partial charge in [0.1, 0.15) is 0 Å². The summed E-state index contributed by atoms with van der Waals surface area (Å²) in [6.07, 6.45) is 0.838. The quantitative estimate of drug-likeness (QED) is 0.414. The first kappa shape index (κ1) is 23.8. The molecule has 2 heterocycles. The van der Waals surface area contributed by atoms with Crippen molar-refractivity contribution in [1.29, 1.82) is 0 Å². The maximum absolute atomic E-state index is 12.0. The molecule has 31 heavy (non-hydrogen) atoms. The molecular weight excluding hydrogens is 432 g/mol. The van der Waals surface area contributed by atoms with E-state index in [1.165, 1.54) is 22.5 Å². The highest BCUT2D eigenvalue weighted by Gasteiger charge is 2.20. The molecule has 0 atom stereocenters.